The second-order valence-electron chi connectivity index (χ2n) is 6.53. The second-order valence-corrected chi connectivity index (χ2v) is 8.31. The van der Waals surface area contributed by atoms with Crippen molar-refractivity contribution in [2.45, 2.75) is 0 Å². The monoisotopic (exact) mass is 380 g/mol. The summed E-state index contributed by atoms with van der Waals surface area (Å²) < 4.78 is 32.4. The first kappa shape index (κ1) is 17.0. The van der Waals surface area contributed by atoms with Crippen LogP contribution in [-0.2, 0) is 10.2 Å². The van der Waals surface area contributed by atoms with Crippen molar-refractivity contribution in [2.75, 3.05) is 55.5 Å². The fourth-order valence-corrected chi connectivity index (χ4v) is 4.89. The van der Waals surface area contributed by atoms with Crippen LogP contribution in [0.5, 0.6) is 0 Å². The van der Waals surface area contributed by atoms with Gasteiger partial charge in [-0.15, -0.1) is 0 Å². The van der Waals surface area contributed by atoms with Crippen molar-refractivity contribution >= 4 is 38.6 Å². The number of rotatable bonds is 2. The van der Waals surface area contributed by atoms with E-state index in [1.54, 1.807) is 24.5 Å². The minimum absolute atomic E-state index is 0.0784. The molecule has 2 fully saturated rings. The van der Waals surface area contributed by atoms with Crippen LogP contribution in [0.3, 0.4) is 0 Å². The zero-order valence-corrected chi connectivity index (χ0v) is 15.1. The summed E-state index contributed by atoms with van der Waals surface area (Å²) in [4.78, 5) is 15.6. The number of nitrogens with zero attached hydrogens (tertiary/aromatic N) is 4. The number of amides is 1. The van der Waals surface area contributed by atoms with Gasteiger partial charge in [-0.2, -0.15) is 12.7 Å². The summed E-state index contributed by atoms with van der Waals surface area (Å²) in [6.45, 7) is 3.45. The third-order valence-corrected chi connectivity index (χ3v) is 6.77. The van der Waals surface area contributed by atoms with Crippen LogP contribution in [0.25, 0.3) is 11.0 Å². The number of fused-ring (bicyclic) bond motifs is 1. The van der Waals surface area contributed by atoms with Gasteiger partial charge in [-0.05, 0) is 25.2 Å². The van der Waals surface area contributed by atoms with Crippen LogP contribution in [0.2, 0.25) is 0 Å². The van der Waals surface area contributed by atoms with Crippen molar-refractivity contribution in [2.24, 2.45) is 0 Å². The van der Waals surface area contributed by atoms with E-state index in [1.807, 2.05) is 0 Å². The Morgan fingerprint density at radius 3 is 2.50 bits per heavy atom. The highest BCUT2D eigenvalue weighted by atomic mass is 32.2. The Kier molecular flexibility index (Phi) is 3.96. The number of carboxylic acid groups (broad SMARTS) is 1. The lowest BCUT2D eigenvalue weighted by atomic mass is 10.1. The minimum atomic E-state index is -4.08. The van der Waals surface area contributed by atoms with Gasteiger partial charge in [-0.25, -0.2) is 4.79 Å². The molecular weight excluding hydrogens is 360 g/mol. The summed E-state index contributed by atoms with van der Waals surface area (Å²) >= 11 is 0. The molecule has 0 atom stereocenters. The van der Waals surface area contributed by atoms with Crippen LogP contribution in [0.4, 0.5) is 16.2 Å². The molecule has 9 nitrogen and oxygen atoms in total. The predicted octanol–water partition coefficient (Wildman–Crippen LogP) is 1.23. The molecule has 1 N–H and O–H groups in total. The van der Waals surface area contributed by atoms with Gasteiger partial charge in [0.15, 0.2) is 5.58 Å². The quantitative estimate of drug-likeness (QED) is 0.837. The lowest BCUT2D eigenvalue weighted by Crippen LogP contribution is -2.44. The van der Waals surface area contributed by atoms with Crippen molar-refractivity contribution in [1.29, 1.82) is 0 Å². The maximum Gasteiger partial charge on any atom is 0.422 e. The molecule has 0 saturated carbocycles. The average Bonchev–Trinajstić information content (AvgIpc) is 3.18. The van der Waals surface area contributed by atoms with Crippen LogP contribution in [0.15, 0.2) is 28.9 Å². The maximum absolute atomic E-state index is 12.6. The van der Waals surface area contributed by atoms with Crippen molar-refractivity contribution in [3.8, 4) is 0 Å². The first-order valence-electron chi connectivity index (χ1n) is 8.36. The van der Waals surface area contributed by atoms with Crippen LogP contribution in [0.1, 0.15) is 0 Å². The molecule has 10 heteroatoms. The standard InChI is InChI=1S/C16H20N4O5S/c1-17-3-5-18(6-4-17)14-11-13(10-12-2-9-25-15(12)14)19-7-8-20(16(21)22)26(19,23)24/h2,9-11H,3-8H2,1H3,(H,21,22). The Balaban J connectivity index is 1.76. The predicted molar refractivity (Wildman–Crippen MR) is 96.9 cm³/mol. The fourth-order valence-electron chi connectivity index (χ4n) is 3.46. The number of hydrogen-bond acceptors (Lipinski definition) is 6. The smallest absolute Gasteiger partial charge is 0.422 e. The topological polar surface area (TPSA) is 97.5 Å². The third-order valence-electron chi connectivity index (χ3n) is 4.92. The summed E-state index contributed by atoms with van der Waals surface area (Å²) in [7, 11) is -2.02. The number of furan rings is 1. The molecule has 26 heavy (non-hydrogen) atoms. The fraction of sp³-hybridized carbons (Fsp3) is 0.438. The first-order valence-corrected chi connectivity index (χ1v) is 9.76. The van der Waals surface area contributed by atoms with Crippen molar-refractivity contribution < 1.29 is 22.7 Å². The van der Waals surface area contributed by atoms with E-state index in [2.05, 4.69) is 16.8 Å². The van der Waals surface area contributed by atoms with E-state index in [4.69, 9.17) is 9.52 Å². The Labute approximate surface area is 151 Å². The van der Waals surface area contributed by atoms with Gasteiger partial charge in [0.1, 0.15) is 0 Å². The van der Waals surface area contributed by atoms with E-state index >= 15 is 0 Å². The molecule has 1 aromatic heterocycles. The number of benzene rings is 1. The van der Waals surface area contributed by atoms with Gasteiger partial charge >= 0.3 is 16.3 Å². The molecule has 0 spiro atoms. The largest absolute Gasteiger partial charge is 0.464 e. The molecule has 0 bridgehead atoms. The molecule has 1 amide bonds. The third kappa shape index (κ3) is 2.65. The molecule has 3 heterocycles. The van der Waals surface area contributed by atoms with E-state index in [-0.39, 0.29) is 13.1 Å². The van der Waals surface area contributed by atoms with E-state index in [9.17, 15) is 13.2 Å². The number of anilines is 2. The molecule has 0 aliphatic carbocycles. The highest BCUT2D eigenvalue weighted by molar-refractivity contribution is 7.91. The lowest BCUT2D eigenvalue weighted by Gasteiger charge is -2.34. The SMILES string of the molecule is CN1CCN(c2cc(N3CCN(C(=O)O)S3(=O)=O)cc3ccoc23)CC1. The van der Waals surface area contributed by atoms with E-state index < -0.39 is 16.3 Å². The molecule has 4 rings (SSSR count). The van der Waals surface area contributed by atoms with Crippen molar-refractivity contribution in [3.05, 3.63) is 24.5 Å². The van der Waals surface area contributed by atoms with Gasteiger partial charge in [0.2, 0.25) is 0 Å². The Bertz CT molecular complexity index is 949. The van der Waals surface area contributed by atoms with E-state index in [1.165, 1.54) is 0 Å². The maximum atomic E-state index is 12.6. The lowest BCUT2D eigenvalue weighted by molar-refractivity contribution is 0.175. The van der Waals surface area contributed by atoms with Crippen LogP contribution in [-0.4, -0.2) is 75.1 Å². The first-order chi connectivity index (χ1) is 12.4. The van der Waals surface area contributed by atoms with Crippen LogP contribution in [0, 0.1) is 0 Å². The average molecular weight is 380 g/mol. The minimum Gasteiger partial charge on any atom is -0.464 e. The molecule has 0 unspecified atom stereocenters. The van der Waals surface area contributed by atoms with Gasteiger partial charge in [-0.3, -0.25) is 4.31 Å². The molecule has 140 valence electrons. The van der Waals surface area contributed by atoms with Gasteiger partial charge < -0.3 is 19.3 Å². The molecular formula is C16H20N4O5S. The van der Waals surface area contributed by atoms with Gasteiger partial charge in [0.05, 0.1) is 30.7 Å². The Morgan fingerprint density at radius 2 is 1.85 bits per heavy atom. The van der Waals surface area contributed by atoms with E-state index in [0.29, 0.717) is 15.6 Å². The molecule has 2 saturated heterocycles. The molecule has 2 aromatic rings. The number of likely N-dealkylation sites (N-methyl/N-ethyl adjacent to an activating group) is 1. The van der Waals surface area contributed by atoms with Crippen molar-refractivity contribution in [3.63, 3.8) is 0 Å². The van der Waals surface area contributed by atoms with Gasteiger partial charge in [0.25, 0.3) is 0 Å². The number of carbonyl (C=O) groups is 1. The Morgan fingerprint density at radius 1 is 1.12 bits per heavy atom. The summed E-state index contributed by atoms with van der Waals surface area (Å²) in [6.07, 6.45) is 0.118. The van der Waals surface area contributed by atoms with Gasteiger partial charge in [-0.1, -0.05) is 0 Å². The van der Waals surface area contributed by atoms with Crippen LogP contribution >= 0.6 is 0 Å². The summed E-state index contributed by atoms with van der Waals surface area (Å²) in [6, 6.07) is 5.29. The Hall–Kier alpha value is -2.46. The summed E-state index contributed by atoms with van der Waals surface area (Å²) in [5.74, 6) is 0. The summed E-state index contributed by atoms with van der Waals surface area (Å²) in [5, 5.41) is 9.92. The molecule has 1 aromatic carbocycles. The number of piperazine rings is 1. The zero-order valence-electron chi connectivity index (χ0n) is 14.3. The van der Waals surface area contributed by atoms with Crippen LogP contribution < -0.4 is 9.21 Å². The normalized spacial score (nSPS) is 20.9. The highest BCUT2D eigenvalue weighted by Gasteiger charge is 2.40. The summed E-state index contributed by atoms with van der Waals surface area (Å²) in [5.41, 5.74) is 2.00. The number of hydrogen-bond donors (Lipinski definition) is 1. The van der Waals surface area contributed by atoms with Gasteiger partial charge in [0, 0.05) is 31.6 Å². The second kappa shape index (κ2) is 6.06. The van der Waals surface area contributed by atoms with E-state index in [0.717, 1.165) is 41.6 Å². The molecule has 2 aliphatic rings. The molecule has 0 radical (unpaired) electrons. The van der Waals surface area contributed by atoms with Crippen molar-refractivity contribution in [1.82, 2.24) is 9.21 Å². The highest BCUT2D eigenvalue weighted by Crippen LogP contribution is 2.36. The zero-order chi connectivity index (χ0) is 18.5. The molecule has 2 aliphatic heterocycles.